The van der Waals surface area contributed by atoms with Gasteiger partial charge in [0.2, 0.25) is 0 Å². The summed E-state index contributed by atoms with van der Waals surface area (Å²) in [5.74, 6) is 0.286. The zero-order valence-corrected chi connectivity index (χ0v) is 13.8. The van der Waals surface area contributed by atoms with Crippen molar-refractivity contribution in [2.75, 3.05) is 6.54 Å². The number of nitrogens with two attached hydrogens (primary N) is 1. The third-order valence-electron chi connectivity index (χ3n) is 4.42. The van der Waals surface area contributed by atoms with Gasteiger partial charge in [0.1, 0.15) is 5.69 Å². The fourth-order valence-electron chi connectivity index (χ4n) is 3.12. The van der Waals surface area contributed by atoms with Gasteiger partial charge in [-0.15, -0.1) is 12.4 Å². The van der Waals surface area contributed by atoms with Crippen molar-refractivity contribution in [1.29, 1.82) is 0 Å². The number of carbonyl (C=O) groups excluding carboxylic acids is 1. The summed E-state index contributed by atoms with van der Waals surface area (Å²) in [4.78, 5) is 12.4. The molecule has 0 saturated heterocycles. The lowest BCUT2D eigenvalue weighted by molar-refractivity contribution is 0.0903. The number of hydrogen-bond acceptors (Lipinski definition) is 3. The number of carbonyl (C=O) groups is 1. The highest BCUT2D eigenvalue weighted by Crippen LogP contribution is 2.24. The lowest BCUT2D eigenvalue weighted by Crippen LogP contribution is -2.44. The second-order valence-corrected chi connectivity index (χ2v) is 5.89. The highest BCUT2D eigenvalue weighted by Gasteiger charge is 2.26. The van der Waals surface area contributed by atoms with Crippen LogP contribution in [0.25, 0.3) is 11.3 Å². The van der Waals surface area contributed by atoms with Crippen molar-refractivity contribution < 1.29 is 4.79 Å². The van der Waals surface area contributed by atoms with Crippen LogP contribution < -0.4 is 11.1 Å². The van der Waals surface area contributed by atoms with Gasteiger partial charge < -0.3 is 11.1 Å². The lowest BCUT2D eigenvalue weighted by atomic mass is 9.84. The SMILES string of the molecule is Cl.NCC1CCCCC1NC(=O)c1cc(-c2ccccc2)n[nH]1. The normalized spacial score (nSPS) is 20.6. The molecule has 0 radical (unpaired) electrons. The first kappa shape index (κ1) is 17.5. The molecule has 1 heterocycles. The van der Waals surface area contributed by atoms with Crippen LogP contribution in [0.3, 0.4) is 0 Å². The van der Waals surface area contributed by atoms with Crippen molar-refractivity contribution >= 4 is 18.3 Å². The van der Waals surface area contributed by atoms with Crippen molar-refractivity contribution in [3.05, 3.63) is 42.1 Å². The van der Waals surface area contributed by atoms with Gasteiger partial charge in [0, 0.05) is 11.6 Å². The maximum absolute atomic E-state index is 12.4. The summed E-state index contributed by atoms with van der Waals surface area (Å²) >= 11 is 0. The molecule has 1 amide bonds. The summed E-state index contributed by atoms with van der Waals surface area (Å²) in [5, 5.41) is 10.2. The van der Waals surface area contributed by atoms with Crippen molar-refractivity contribution in [2.45, 2.75) is 31.7 Å². The molecule has 4 N–H and O–H groups in total. The predicted octanol–water partition coefficient (Wildman–Crippen LogP) is 2.75. The number of amides is 1. The minimum absolute atomic E-state index is 0. The van der Waals surface area contributed by atoms with E-state index in [-0.39, 0.29) is 24.4 Å². The maximum atomic E-state index is 12.4. The third kappa shape index (κ3) is 4.12. The topological polar surface area (TPSA) is 83.8 Å². The Hall–Kier alpha value is -1.85. The molecule has 2 aromatic rings. The summed E-state index contributed by atoms with van der Waals surface area (Å²) in [6.07, 6.45) is 4.46. The molecular formula is C17H23ClN4O. The Bertz CT molecular complexity index is 629. The molecule has 1 aromatic heterocycles. The van der Waals surface area contributed by atoms with E-state index in [0.29, 0.717) is 18.2 Å². The van der Waals surface area contributed by atoms with Gasteiger partial charge in [-0.05, 0) is 31.4 Å². The number of halogens is 1. The average Bonchev–Trinajstić information content (AvgIpc) is 3.06. The number of aromatic nitrogens is 2. The Morgan fingerprint density at radius 3 is 2.74 bits per heavy atom. The van der Waals surface area contributed by atoms with E-state index in [1.165, 1.54) is 6.42 Å². The van der Waals surface area contributed by atoms with E-state index in [4.69, 9.17) is 5.73 Å². The van der Waals surface area contributed by atoms with E-state index >= 15 is 0 Å². The second kappa shape index (κ2) is 8.13. The van der Waals surface area contributed by atoms with Crippen molar-refractivity contribution in [1.82, 2.24) is 15.5 Å². The van der Waals surface area contributed by atoms with Crippen LogP contribution in [0.5, 0.6) is 0 Å². The molecule has 1 fully saturated rings. The molecule has 1 saturated carbocycles. The van der Waals surface area contributed by atoms with Gasteiger partial charge in [0.25, 0.3) is 5.91 Å². The molecule has 0 spiro atoms. The molecule has 124 valence electrons. The van der Waals surface area contributed by atoms with Gasteiger partial charge in [-0.1, -0.05) is 43.2 Å². The number of rotatable bonds is 4. The van der Waals surface area contributed by atoms with Gasteiger partial charge in [0.15, 0.2) is 0 Å². The summed E-state index contributed by atoms with van der Waals surface area (Å²) in [6.45, 7) is 0.628. The van der Waals surface area contributed by atoms with E-state index < -0.39 is 0 Å². The number of hydrogen-bond donors (Lipinski definition) is 3. The fraction of sp³-hybridized carbons (Fsp3) is 0.412. The highest BCUT2D eigenvalue weighted by molar-refractivity contribution is 5.93. The molecule has 6 heteroatoms. The first-order chi connectivity index (χ1) is 10.8. The van der Waals surface area contributed by atoms with E-state index in [0.717, 1.165) is 30.5 Å². The molecule has 0 bridgehead atoms. The van der Waals surface area contributed by atoms with Crippen LogP contribution in [0.2, 0.25) is 0 Å². The van der Waals surface area contributed by atoms with Crippen molar-refractivity contribution in [3.8, 4) is 11.3 Å². The van der Waals surface area contributed by atoms with Gasteiger partial charge in [-0.3, -0.25) is 9.89 Å². The minimum Gasteiger partial charge on any atom is -0.348 e. The fourth-order valence-corrected chi connectivity index (χ4v) is 3.12. The second-order valence-electron chi connectivity index (χ2n) is 5.89. The zero-order valence-electron chi connectivity index (χ0n) is 13.0. The molecule has 23 heavy (non-hydrogen) atoms. The molecule has 5 nitrogen and oxygen atoms in total. The molecule has 1 aliphatic rings. The number of aromatic amines is 1. The van der Waals surface area contributed by atoms with Crippen LogP contribution in [0, 0.1) is 5.92 Å². The quantitative estimate of drug-likeness (QED) is 0.803. The standard InChI is InChI=1S/C17H22N4O.ClH/c18-11-13-8-4-5-9-14(13)19-17(22)16-10-15(20-21-16)12-6-2-1-3-7-12;/h1-3,6-7,10,13-14H,4-5,8-9,11,18H2,(H,19,22)(H,20,21);1H. The first-order valence-electron chi connectivity index (χ1n) is 7.89. The number of benzene rings is 1. The van der Waals surface area contributed by atoms with Crippen molar-refractivity contribution in [3.63, 3.8) is 0 Å². The number of nitrogens with zero attached hydrogens (tertiary/aromatic N) is 1. The van der Waals surface area contributed by atoms with E-state index in [1.807, 2.05) is 30.3 Å². The van der Waals surface area contributed by atoms with Gasteiger partial charge in [-0.25, -0.2) is 0 Å². The largest absolute Gasteiger partial charge is 0.348 e. The molecule has 2 atom stereocenters. The van der Waals surface area contributed by atoms with E-state index in [2.05, 4.69) is 15.5 Å². The summed E-state index contributed by atoms with van der Waals surface area (Å²) < 4.78 is 0. The Labute approximate surface area is 142 Å². The minimum atomic E-state index is -0.0972. The van der Waals surface area contributed by atoms with Gasteiger partial charge >= 0.3 is 0 Å². The monoisotopic (exact) mass is 334 g/mol. The average molecular weight is 335 g/mol. The molecule has 3 rings (SSSR count). The Balaban J connectivity index is 0.00000192. The summed E-state index contributed by atoms with van der Waals surface area (Å²) in [5.41, 5.74) is 8.09. The van der Waals surface area contributed by atoms with Gasteiger partial charge in [-0.2, -0.15) is 5.10 Å². The Morgan fingerprint density at radius 2 is 2.00 bits per heavy atom. The lowest BCUT2D eigenvalue weighted by Gasteiger charge is -2.31. The van der Waals surface area contributed by atoms with E-state index in [9.17, 15) is 4.79 Å². The predicted molar refractivity (Wildman–Crippen MR) is 93.5 cm³/mol. The third-order valence-corrected chi connectivity index (χ3v) is 4.42. The molecule has 2 unspecified atom stereocenters. The molecule has 1 aliphatic carbocycles. The van der Waals surface area contributed by atoms with Crippen LogP contribution >= 0.6 is 12.4 Å². The Morgan fingerprint density at radius 1 is 1.26 bits per heavy atom. The van der Waals surface area contributed by atoms with Crippen molar-refractivity contribution in [2.24, 2.45) is 11.7 Å². The zero-order chi connectivity index (χ0) is 15.4. The van der Waals surface area contributed by atoms with Crippen LogP contribution in [-0.2, 0) is 0 Å². The van der Waals surface area contributed by atoms with Crippen LogP contribution in [0.15, 0.2) is 36.4 Å². The van der Waals surface area contributed by atoms with Crippen LogP contribution in [0.1, 0.15) is 36.2 Å². The van der Waals surface area contributed by atoms with E-state index in [1.54, 1.807) is 6.07 Å². The maximum Gasteiger partial charge on any atom is 0.269 e. The first-order valence-corrected chi connectivity index (χ1v) is 7.89. The van der Waals surface area contributed by atoms with Crippen LogP contribution in [-0.4, -0.2) is 28.7 Å². The molecule has 0 aliphatic heterocycles. The summed E-state index contributed by atoms with van der Waals surface area (Å²) in [6, 6.07) is 11.8. The molecule has 1 aromatic carbocycles. The summed E-state index contributed by atoms with van der Waals surface area (Å²) in [7, 11) is 0. The Kier molecular flexibility index (Phi) is 6.19. The highest BCUT2D eigenvalue weighted by atomic mass is 35.5. The smallest absolute Gasteiger partial charge is 0.269 e. The van der Waals surface area contributed by atoms with Gasteiger partial charge in [0.05, 0.1) is 5.69 Å². The number of H-pyrrole nitrogens is 1. The van der Waals surface area contributed by atoms with Crippen LogP contribution in [0.4, 0.5) is 0 Å². The number of nitrogens with one attached hydrogen (secondary N) is 2. The molecular weight excluding hydrogens is 312 g/mol.